The molecule has 0 saturated heterocycles. The van der Waals surface area contributed by atoms with Gasteiger partial charge >= 0.3 is 167 Å². The van der Waals surface area contributed by atoms with Crippen molar-refractivity contribution in [2.75, 3.05) is 14.1 Å². The van der Waals surface area contributed by atoms with Gasteiger partial charge in [0.05, 0.1) is 0 Å². The number of hydrogen-bond acceptors (Lipinski definition) is 1. The van der Waals surface area contributed by atoms with Gasteiger partial charge in [-0.25, -0.2) is 0 Å². The number of benzene rings is 3. The third-order valence-electron chi connectivity index (χ3n) is 4.55. The molecule has 26 heavy (non-hydrogen) atoms. The maximum absolute atomic E-state index is 2.41. The van der Waals surface area contributed by atoms with Crippen LogP contribution in [-0.4, -0.2) is 40.7 Å². The molecule has 0 aliphatic carbocycles. The van der Waals surface area contributed by atoms with E-state index in [0.717, 1.165) is 6.54 Å². The topological polar surface area (TPSA) is 3.24 Å². The van der Waals surface area contributed by atoms with E-state index in [4.69, 9.17) is 0 Å². The van der Waals surface area contributed by atoms with Gasteiger partial charge in [0.15, 0.2) is 0 Å². The molecular weight excluding hydrogens is 511 g/mol. The molecule has 3 rings (SSSR count). The number of nitrogens with zero attached hydrogens (tertiary/aromatic N) is 1. The van der Waals surface area contributed by atoms with Crippen molar-refractivity contribution in [2.24, 2.45) is 0 Å². The Kier molecular flexibility index (Phi) is 6.27. The molecular formula is C24H28BiN. The molecule has 0 aromatic heterocycles. The van der Waals surface area contributed by atoms with E-state index in [2.05, 4.69) is 106 Å². The predicted molar refractivity (Wildman–Crippen MR) is 116 cm³/mol. The first-order valence-electron chi connectivity index (χ1n) is 9.12. The van der Waals surface area contributed by atoms with Gasteiger partial charge < -0.3 is 0 Å². The van der Waals surface area contributed by atoms with E-state index < -0.39 is 21.8 Å². The second-order valence-electron chi connectivity index (χ2n) is 7.38. The van der Waals surface area contributed by atoms with E-state index in [0.29, 0.717) is 0 Å². The molecule has 0 aliphatic rings. The van der Waals surface area contributed by atoms with Crippen molar-refractivity contribution in [3.05, 3.63) is 89.0 Å². The molecule has 0 heterocycles. The molecule has 0 spiro atoms. The minimum atomic E-state index is -2.31. The Balaban J connectivity index is 2.17. The van der Waals surface area contributed by atoms with Gasteiger partial charge in [0.2, 0.25) is 0 Å². The number of rotatable bonds is 5. The van der Waals surface area contributed by atoms with Crippen LogP contribution in [0.4, 0.5) is 0 Å². The molecule has 2 heteroatoms. The zero-order valence-corrected chi connectivity index (χ0v) is 19.9. The fraction of sp³-hybridized carbons (Fsp3) is 0.250. The molecule has 0 amide bonds. The fourth-order valence-electron chi connectivity index (χ4n) is 3.21. The van der Waals surface area contributed by atoms with Crippen LogP contribution in [0.15, 0.2) is 66.7 Å². The molecule has 0 aliphatic heterocycles. The van der Waals surface area contributed by atoms with E-state index in [1.165, 1.54) is 22.3 Å². The fourth-order valence-corrected chi connectivity index (χ4v) is 12.5. The van der Waals surface area contributed by atoms with Gasteiger partial charge in [-0.2, -0.15) is 0 Å². The van der Waals surface area contributed by atoms with Crippen LogP contribution < -0.4 is 9.81 Å². The second kappa shape index (κ2) is 8.46. The van der Waals surface area contributed by atoms with Crippen LogP contribution in [0.5, 0.6) is 0 Å². The first-order chi connectivity index (χ1) is 12.4. The third kappa shape index (κ3) is 4.61. The SMILES string of the molecule is Cc1cc[c]([Bi]([c]2ccc(C)cc2)[c]2ccc(C)cc2CN(C)C)cc1. The van der Waals surface area contributed by atoms with E-state index in [9.17, 15) is 0 Å². The first kappa shape index (κ1) is 19.3. The van der Waals surface area contributed by atoms with Crippen molar-refractivity contribution in [1.82, 2.24) is 4.90 Å². The van der Waals surface area contributed by atoms with E-state index in [-0.39, 0.29) is 0 Å². The van der Waals surface area contributed by atoms with Crippen LogP contribution in [0, 0.1) is 20.8 Å². The average Bonchev–Trinajstić information content (AvgIpc) is 2.59. The molecule has 134 valence electrons. The molecule has 1 nitrogen and oxygen atoms in total. The van der Waals surface area contributed by atoms with E-state index in [1.54, 1.807) is 9.81 Å². The molecule has 0 fully saturated rings. The summed E-state index contributed by atoms with van der Waals surface area (Å²) in [4.78, 5) is 2.28. The van der Waals surface area contributed by atoms with Crippen LogP contribution >= 0.6 is 0 Å². The Morgan fingerprint density at radius 1 is 0.654 bits per heavy atom. The molecule has 0 bridgehead atoms. The third-order valence-corrected chi connectivity index (χ3v) is 14.4. The summed E-state index contributed by atoms with van der Waals surface area (Å²) in [5.41, 5.74) is 5.51. The summed E-state index contributed by atoms with van der Waals surface area (Å²) in [5, 5.41) is 0. The van der Waals surface area contributed by atoms with Gasteiger partial charge in [-0.05, 0) is 0 Å². The van der Waals surface area contributed by atoms with Crippen molar-refractivity contribution >= 4 is 31.6 Å². The molecule has 3 aromatic rings. The quantitative estimate of drug-likeness (QED) is 0.451. The minimum absolute atomic E-state index is 1.00. The van der Waals surface area contributed by atoms with Crippen LogP contribution in [0.3, 0.4) is 0 Å². The Hall–Kier alpha value is -1.50. The van der Waals surface area contributed by atoms with Crippen molar-refractivity contribution in [3.63, 3.8) is 0 Å². The summed E-state index contributed by atoms with van der Waals surface area (Å²) < 4.78 is 4.71. The maximum atomic E-state index is 2.41. The summed E-state index contributed by atoms with van der Waals surface area (Å²) in [6.45, 7) is 7.54. The van der Waals surface area contributed by atoms with Gasteiger partial charge in [0.1, 0.15) is 0 Å². The number of hydrogen-bond donors (Lipinski definition) is 0. The molecule has 0 unspecified atom stereocenters. The summed E-state index contributed by atoms with van der Waals surface area (Å²) in [7, 11) is 4.32. The van der Waals surface area contributed by atoms with Crippen molar-refractivity contribution in [1.29, 1.82) is 0 Å². The number of aryl methyl sites for hydroxylation is 3. The van der Waals surface area contributed by atoms with Gasteiger partial charge in [-0.1, -0.05) is 0 Å². The van der Waals surface area contributed by atoms with Gasteiger partial charge in [-0.15, -0.1) is 0 Å². The van der Waals surface area contributed by atoms with E-state index >= 15 is 0 Å². The normalized spacial score (nSPS) is 11.3. The summed E-state index contributed by atoms with van der Waals surface area (Å²) >= 11 is -2.31. The molecule has 0 radical (unpaired) electrons. The van der Waals surface area contributed by atoms with E-state index in [1.807, 2.05) is 0 Å². The summed E-state index contributed by atoms with van der Waals surface area (Å²) in [6, 6.07) is 25.6. The zero-order chi connectivity index (χ0) is 18.7. The zero-order valence-electron chi connectivity index (χ0n) is 16.5. The molecule has 0 atom stereocenters. The van der Waals surface area contributed by atoms with Crippen LogP contribution in [0.25, 0.3) is 0 Å². The molecule has 0 N–H and O–H groups in total. The molecule has 0 saturated carbocycles. The van der Waals surface area contributed by atoms with Gasteiger partial charge in [-0.3, -0.25) is 0 Å². The Labute approximate surface area is 166 Å². The Bertz CT molecular complexity index is 818. The first-order valence-corrected chi connectivity index (χ1v) is 14.3. The van der Waals surface area contributed by atoms with Gasteiger partial charge in [0, 0.05) is 0 Å². The monoisotopic (exact) mass is 539 g/mol. The Morgan fingerprint density at radius 3 is 1.58 bits per heavy atom. The standard InChI is InChI=1S/C10H14N.2C7H7.Bi/c1-9-5-4-6-10(7-9)8-11(2)3;2*1-7-5-3-2-4-6-7;/h4-5,7H,8H2,1-3H3;2*3-6H,1H3;. The van der Waals surface area contributed by atoms with Gasteiger partial charge in [0.25, 0.3) is 0 Å². The van der Waals surface area contributed by atoms with Crippen molar-refractivity contribution in [3.8, 4) is 0 Å². The molecule has 3 aromatic carbocycles. The summed E-state index contributed by atoms with van der Waals surface area (Å²) in [5.74, 6) is 0. The Morgan fingerprint density at radius 2 is 1.12 bits per heavy atom. The van der Waals surface area contributed by atoms with Crippen molar-refractivity contribution < 1.29 is 0 Å². The van der Waals surface area contributed by atoms with Crippen LogP contribution in [0.2, 0.25) is 0 Å². The predicted octanol–water partition coefficient (Wildman–Crippen LogP) is 3.19. The van der Waals surface area contributed by atoms with Crippen LogP contribution in [0.1, 0.15) is 22.3 Å². The average molecular weight is 539 g/mol. The second-order valence-corrected chi connectivity index (χ2v) is 15.9. The van der Waals surface area contributed by atoms with Crippen molar-refractivity contribution in [2.45, 2.75) is 27.3 Å². The van der Waals surface area contributed by atoms with Crippen LogP contribution in [-0.2, 0) is 6.54 Å². The summed E-state index contributed by atoms with van der Waals surface area (Å²) in [6.07, 6.45) is 0.